The van der Waals surface area contributed by atoms with E-state index in [4.69, 9.17) is 9.26 Å². The van der Waals surface area contributed by atoms with Crippen molar-refractivity contribution >= 4 is 6.08 Å². The zero-order valence-electron chi connectivity index (χ0n) is 7.70. The minimum absolute atomic E-state index is 0.365. The first kappa shape index (κ1) is 9.48. The summed E-state index contributed by atoms with van der Waals surface area (Å²) < 4.78 is 9.75. The summed E-state index contributed by atoms with van der Waals surface area (Å²) in [5, 5.41) is 3.60. The lowest BCUT2D eigenvalue weighted by Gasteiger charge is -2.11. The van der Waals surface area contributed by atoms with E-state index in [9.17, 15) is 4.79 Å². The van der Waals surface area contributed by atoms with Gasteiger partial charge in [0.15, 0.2) is 5.76 Å². The largest absolute Gasteiger partial charge is 0.479 e. The number of aliphatic imine (C=N–C) groups is 1. The van der Waals surface area contributed by atoms with E-state index in [0.717, 1.165) is 0 Å². The van der Waals surface area contributed by atoms with Gasteiger partial charge < -0.3 is 9.26 Å². The molecule has 0 saturated carbocycles. The molecule has 0 N–H and O–H groups in total. The molecule has 0 radical (unpaired) electrons. The van der Waals surface area contributed by atoms with Crippen molar-refractivity contribution in [1.29, 1.82) is 0 Å². The van der Waals surface area contributed by atoms with Crippen LogP contribution in [0.2, 0.25) is 0 Å². The molecule has 1 heterocycles. The first-order valence-corrected chi connectivity index (χ1v) is 3.70. The minimum Gasteiger partial charge on any atom is -0.479 e. The molecule has 0 aliphatic heterocycles. The Kier molecular flexibility index (Phi) is 2.49. The van der Waals surface area contributed by atoms with Gasteiger partial charge in [-0.3, -0.25) is 0 Å². The van der Waals surface area contributed by atoms with Crippen molar-refractivity contribution in [2.75, 3.05) is 7.11 Å². The highest BCUT2D eigenvalue weighted by Gasteiger charge is 2.25. The average Bonchev–Trinajstić information content (AvgIpc) is 2.52. The third-order valence-electron chi connectivity index (χ3n) is 1.63. The van der Waals surface area contributed by atoms with Gasteiger partial charge in [-0.1, -0.05) is 0 Å². The topological polar surface area (TPSA) is 64.7 Å². The van der Waals surface area contributed by atoms with Crippen LogP contribution in [-0.4, -0.2) is 18.3 Å². The quantitative estimate of drug-likeness (QED) is 0.521. The van der Waals surface area contributed by atoms with Crippen LogP contribution in [0.5, 0.6) is 5.88 Å². The molecule has 0 aliphatic rings. The van der Waals surface area contributed by atoms with Gasteiger partial charge in [-0.05, 0) is 19.0 Å². The van der Waals surface area contributed by atoms with Gasteiger partial charge in [0.2, 0.25) is 6.08 Å². The van der Waals surface area contributed by atoms with Crippen LogP contribution in [-0.2, 0) is 10.3 Å². The molecule has 0 spiro atoms. The molecule has 1 aromatic heterocycles. The Morgan fingerprint density at radius 1 is 1.69 bits per heavy atom. The summed E-state index contributed by atoms with van der Waals surface area (Å²) in [5.74, 6) is 0.830. The fourth-order valence-corrected chi connectivity index (χ4v) is 0.813. The predicted octanol–water partition coefficient (Wildman–Crippen LogP) is 1.25. The maximum Gasteiger partial charge on any atom is 0.254 e. The molecule has 0 unspecified atom stereocenters. The maximum atomic E-state index is 10.1. The summed E-state index contributed by atoms with van der Waals surface area (Å²) in [6.07, 6.45) is 1.48. The minimum atomic E-state index is -0.745. The molecule has 0 amide bonds. The lowest BCUT2D eigenvalue weighted by atomic mass is 10.0. The highest BCUT2D eigenvalue weighted by molar-refractivity contribution is 5.36. The van der Waals surface area contributed by atoms with Gasteiger partial charge in [0, 0.05) is 6.07 Å². The molecule has 1 rings (SSSR count). The Labute approximate surface area is 75.4 Å². The number of isocyanates is 1. The molecule has 70 valence electrons. The van der Waals surface area contributed by atoms with E-state index in [1.165, 1.54) is 13.2 Å². The number of nitrogens with zero attached hydrogens (tertiary/aromatic N) is 2. The van der Waals surface area contributed by atoms with Crippen molar-refractivity contribution in [3.63, 3.8) is 0 Å². The zero-order valence-corrected chi connectivity index (χ0v) is 7.70. The Bertz CT molecular complexity index is 337. The van der Waals surface area contributed by atoms with Crippen molar-refractivity contribution in [2.45, 2.75) is 19.4 Å². The Morgan fingerprint density at radius 2 is 2.38 bits per heavy atom. The first-order valence-electron chi connectivity index (χ1n) is 3.70. The third kappa shape index (κ3) is 1.95. The van der Waals surface area contributed by atoms with Crippen LogP contribution in [0.4, 0.5) is 0 Å². The van der Waals surface area contributed by atoms with Crippen LogP contribution >= 0.6 is 0 Å². The SMILES string of the molecule is COc1cc(C(C)(C)N=C=O)on1. The van der Waals surface area contributed by atoms with Gasteiger partial charge >= 0.3 is 0 Å². The summed E-state index contributed by atoms with van der Waals surface area (Å²) in [6.45, 7) is 3.44. The molecule has 5 nitrogen and oxygen atoms in total. The molecule has 1 aromatic rings. The molecule has 0 aromatic carbocycles. The Hall–Kier alpha value is -1.61. The third-order valence-corrected chi connectivity index (χ3v) is 1.63. The molecule has 5 heteroatoms. The molecule has 13 heavy (non-hydrogen) atoms. The number of methoxy groups -OCH3 is 1. The van der Waals surface area contributed by atoms with Crippen molar-refractivity contribution in [3.8, 4) is 5.88 Å². The van der Waals surface area contributed by atoms with Crippen molar-refractivity contribution in [3.05, 3.63) is 11.8 Å². The molecular formula is C8H10N2O3. The molecule has 0 aliphatic carbocycles. The smallest absolute Gasteiger partial charge is 0.254 e. The monoisotopic (exact) mass is 182 g/mol. The van der Waals surface area contributed by atoms with E-state index >= 15 is 0 Å². The summed E-state index contributed by atoms with van der Waals surface area (Å²) in [7, 11) is 1.48. The van der Waals surface area contributed by atoms with Gasteiger partial charge in [0.1, 0.15) is 5.54 Å². The second-order valence-corrected chi connectivity index (χ2v) is 3.00. The second kappa shape index (κ2) is 3.41. The van der Waals surface area contributed by atoms with E-state index in [2.05, 4.69) is 10.1 Å². The lowest BCUT2D eigenvalue weighted by Crippen LogP contribution is -2.11. The van der Waals surface area contributed by atoms with Crippen LogP contribution in [0.15, 0.2) is 15.6 Å². The number of hydrogen-bond acceptors (Lipinski definition) is 5. The van der Waals surface area contributed by atoms with Gasteiger partial charge in [-0.15, -0.1) is 0 Å². The fourth-order valence-electron chi connectivity index (χ4n) is 0.813. The maximum absolute atomic E-state index is 10.1. The highest BCUT2D eigenvalue weighted by atomic mass is 16.5. The van der Waals surface area contributed by atoms with E-state index in [0.29, 0.717) is 11.6 Å². The number of ether oxygens (including phenoxy) is 1. The Morgan fingerprint density at radius 3 is 2.85 bits per heavy atom. The molecular weight excluding hydrogens is 172 g/mol. The van der Waals surface area contributed by atoms with E-state index in [-0.39, 0.29) is 0 Å². The summed E-state index contributed by atoms with van der Waals surface area (Å²) in [5.41, 5.74) is -0.745. The molecule has 0 saturated heterocycles. The van der Waals surface area contributed by atoms with E-state index < -0.39 is 5.54 Å². The zero-order chi connectivity index (χ0) is 9.90. The number of aromatic nitrogens is 1. The molecule has 0 bridgehead atoms. The number of rotatable bonds is 3. The van der Waals surface area contributed by atoms with Gasteiger partial charge in [0.05, 0.1) is 7.11 Å². The first-order chi connectivity index (χ1) is 6.10. The Balaban J connectivity index is 2.99. The van der Waals surface area contributed by atoms with E-state index in [1.54, 1.807) is 19.9 Å². The standard InChI is InChI=1S/C8H10N2O3/c1-8(2,9-5-11)6-4-7(12-3)10-13-6/h4H,1-3H3. The van der Waals surface area contributed by atoms with Crippen molar-refractivity contribution < 1.29 is 14.1 Å². The average molecular weight is 182 g/mol. The lowest BCUT2D eigenvalue weighted by molar-refractivity contribution is 0.297. The van der Waals surface area contributed by atoms with Crippen LogP contribution in [0.3, 0.4) is 0 Å². The van der Waals surface area contributed by atoms with E-state index in [1.807, 2.05) is 0 Å². The highest BCUT2D eigenvalue weighted by Crippen LogP contribution is 2.26. The van der Waals surface area contributed by atoms with Crippen molar-refractivity contribution in [1.82, 2.24) is 5.16 Å². The van der Waals surface area contributed by atoms with Crippen LogP contribution < -0.4 is 4.74 Å². The predicted molar refractivity (Wildman–Crippen MR) is 44.2 cm³/mol. The normalized spacial score (nSPS) is 10.7. The number of carbonyl (C=O) groups excluding carboxylic acids is 1. The van der Waals surface area contributed by atoms with Gasteiger partial charge in [0.25, 0.3) is 5.88 Å². The summed E-state index contributed by atoms with van der Waals surface area (Å²) in [4.78, 5) is 13.7. The number of hydrogen-bond donors (Lipinski definition) is 0. The summed E-state index contributed by atoms with van der Waals surface area (Å²) in [6, 6.07) is 1.58. The van der Waals surface area contributed by atoms with Crippen LogP contribution in [0.1, 0.15) is 19.6 Å². The fraction of sp³-hybridized carbons (Fsp3) is 0.500. The van der Waals surface area contributed by atoms with Crippen LogP contribution in [0.25, 0.3) is 0 Å². The summed E-state index contributed by atoms with van der Waals surface area (Å²) >= 11 is 0. The molecule has 0 fully saturated rings. The van der Waals surface area contributed by atoms with Gasteiger partial charge in [-0.25, -0.2) is 4.79 Å². The molecule has 0 atom stereocenters. The van der Waals surface area contributed by atoms with Gasteiger partial charge in [-0.2, -0.15) is 4.99 Å². The van der Waals surface area contributed by atoms with Crippen molar-refractivity contribution in [2.24, 2.45) is 4.99 Å². The van der Waals surface area contributed by atoms with Crippen LogP contribution in [0, 0.1) is 0 Å². The second-order valence-electron chi connectivity index (χ2n) is 3.00.